The lowest BCUT2D eigenvalue weighted by molar-refractivity contribution is 0.300. The monoisotopic (exact) mass is 314 g/mol. The fourth-order valence-corrected chi connectivity index (χ4v) is 2.84. The first-order chi connectivity index (χ1) is 9.94. The first-order valence-corrected chi connectivity index (χ1v) is 8.72. The molecule has 1 rings (SSSR count). The van der Waals surface area contributed by atoms with E-state index >= 15 is 0 Å². The summed E-state index contributed by atoms with van der Waals surface area (Å²) in [6.07, 6.45) is 1.13. The van der Waals surface area contributed by atoms with Crippen molar-refractivity contribution in [2.24, 2.45) is 0 Å². The van der Waals surface area contributed by atoms with Crippen molar-refractivity contribution in [2.45, 2.75) is 25.2 Å². The van der Waals surface area contributed by atoms with Crippen molar-refractivity contribution in [3.63, 3.8) is 0 Å². The van der Waals surface area contributed by atoms with Crippen LogP contribution in [0.3, 0.4) is 0 Å². The Morgan fingerprint density at radius 3 is 2.48 bits per heavy atom. The number of benzene rings is 1. The van der Waals surface area contributed by atoms with Gasteiger partial charge in [-0.15, -0.1) is 0 Å². The molecule has 0 fully saturated rings. The minimum absolute atomic E-state index is 0.175. The fourth-order valence-electron chi connectivity index (χ4n) is 2.08. The summed E-state index contributed by atoms with van der Waals surface area (Å²) >= 11 is 0. The zero-order valence-corrected chi connectivity index (χ0v) is 13.8. The molecule has 0 aliphatic rings. The largest absolute Gasteiger partial charge is 0.397 e. The smallest absolute Gasteiger partial charge is 0.240 e. The summed E-state index contributed by atoms with van der Waals surface area (Å²) in [6.45, 7) is 8.10. The van der Waals surface area contributed by atoms with Crippen LogP contribution in [0.1, 0.15) is 20.3 Å². The Morgan fingerprint density at radius 1 is 1.24 bits per heavy atom. The van der Waals surface area contributed by atoms with E-state index in [-0.39, 0.29) is 4.90 Å². The third-order valence-corrected chi connectivity index (χ3v) is 4.74. The number of nitrogens with zero attached hydrogens (tertiary/aromatic N) is 1. The maximum absolute atomic E-state index is 11.7. The molecule has 4 N–H and O–H groups in total. The third kappa shape index (κ3) is 5.18. The molecule has 0 atom stereocenters. The number of likely N-dealkylation sites (N-methyl/N-ethyl adjacent to an activating group) is 1. The molecule has 0 heterocycles. The summed E-state index contributed by atoms with van der Waals surface area (Å²) in [5, 5.41) is 3.25. The summed E-state index contributed by atoms with van der Waals surface area (Å²) in [5.41, 5.74) is 7.11. The van der Waals surface area contributed by atoms with Gasteiger partial charge in [-0.2, -0.15) is 0 Å². The summed E-state index contributed by atoms with van der Waals surface area (Å²) in [4.78, 5) is 2.53. The molecule has 0 aliphatic carbocycles. The van der Waals surface area contributed by atoms with E-state index in [1.165, 1.54) is 13.1 Å². The lowest BCUT2D eigenvalue weighted by atomic mass is 10.2. The Balaban J connectivity index is 2.65. The van der Waals surface area contributed by atoms with Crippen LogP contribution in [0.15, 0.2) is 23.1 Å². The van der Waals surface area contributed by atoms with Crippen molar-refractivity contribution in [2.75, 3.05) is 44.3 Å². The average Bonchev–Trinajstić information content (AvgIpc) is 2.47. The first-order valence-electron chi connectivity index (χ1n) is 7.23. The molecule has 6 nitrogen and oxygen atoms in total. The van der Waals surface area contributed by atoms with Crippen LogP contribution in [-0.4, -0.2) is 46.5 Å². The quantitative estimate of drug-likeness (QED) is 0.598. The van der Waals surface area contributed by atoms with Gasteiger partial charge in [0, 0.05) is 13.1 Å². The van der Waals surface area contributed by atoms with Crippen LogP contribution in [0, 0.1) is 0 Å². The van der Waals surface area contributed by atoms with E-state index in [2.05, 4.69) is 28.8 Å². The van der Waals surface area contributed by atoms with E-state index in [1.807, 2.05) is 0 Å². The van der Waals surface area contributed by atoms with Gasteiger partial charge in [-0.1, -0.05) is 13.8 Å². The molecule has 120 valence electrons. The second kappa shape index (κ2) is 8.21. The standard InChI is InChI=1S/C14H26N4O2S/c1-4-9-18(5-2)10-8-17-14-7-6-12(11-13(14)15)21(19,20)16-3/h6-7,11,16-17H,4-5,8-10,15H2,1-3H3. The van der Waals surface area contributed by atoms with Gasteiger partial charge in [0.25, 0.3) is 0 Å². The maximum Gasteiger partial charge on any atom is 0.240 e. The topological polar surface area (TPSA) is 87.5 Å². The number of hydrogen-bond acceptors (Lipinski definition) is 5. The van der Waals surface area contributed by atoms with Crippen LogP contribution in [0.4, 0.5) is 11.4 Å². The molecule has 0 aromatic heterocycles. The second-order valence-electron chi connectivity index (χ2n) is 4.82. The number of nitrogens with two attached hydrogens (primary N) is 1. The highest BCUT2D eigenvalue weighted by molar-refractivity contribution is 7.89. The summed E-state index contributed by atoms with van der Waals surface area (Å²) < 4.78 is 25.6. The number of sulfonamides is 1. The predicted molar refractivity (Wildman–Crippen MR) is 88.0 cm³/mol. The molecule has 0 unspecified atom stereocenters. The summed E-state index contributed by atoms with van der Waals surface area (Å²) in [5.74, 6) is 0. The Hall–Kier alpha value is -1.31. The molecule has 1 aromatic rings. The van der Waals surface area contributed by atoms with Crippen molar-refractivity contribution < 1.29 is 8.42 Å². The molecule has 1 aromatic carbocycles. The summed E-state index contributed by atoms with van der Waals surface area (Å²) in [7, 11) is -2.07. The lowest BCUT2D eigenvalue weighted by Crippen LogP contribution is -2.29. The first kappa shape index (κ1) is 17.7. The van der Waals surface area contributed by atoms with Crippen molar-refractivity contribution in [1.82, 2.24) is 9.62 Å². The van der Waals surface area contributed by atoms with Gasteiger partial charge in [-0.25, -0.2) is 13.1 Å². The third-order valence-electron chi connectivity index (χ3n) is 3.33. The molecule has 0 bridgehead atoms. The summed E-state index contributed by atoms with van der Waals surface area (Å²) in [6, 6.07) is 4.72. The molecular formula is C14H26N4O2S. The highest BCUT2D eigenvalue weighted by Crippen LogP contribution is 2.22. The maximum atomic E-state index is 11.7. The minimum atomic E-state index is -3.45. The Bertz CT molecular complexity index is 546. The van der Waals surface area contributed by atoms with E-state index < -0.39 is 10.0 Å². The van der Waals surface area contributed by atoms with Crippen LogP contribution in [0.5, 0.6) is 0 Å². The Morgan fingerprint density at radius 2 is 1.95 bits per heavy atom. The van der Waals surface area contributed by atoms with Gasteiger partial charge in [0.2, 0.25) is 10.0 Å². The van der Waals surface area contributed by atoms with Crippen LogP contribution >= 0.6 is 0 Å². The molecule has 0 aliphatic heterocycles. The van der Waals surface area contributed by atoms with Crippen molar-refractivity contribution >= 4 is 21.4 Å². The zero-order chi connectivity index (χ0) is 15.9. The highest BCUT2D eigenvalue weighted by Gasteiger charge is 2.12. The average molecular weight is 314 g/mol. The van der Waals surface area contributed by atoms with Gasteiger partial charge in [0.05, 0.1) is 16.3 Å². The SMILES string of the molecule is CCCN(CC)CCNc1ccc(S(=O)(=O)NC)cc1N. The molecule has 0 spiro atoms. The number of nitrogen functional groups attached to an aromatic ring is 1. The molecule has 0 saturated heterocycles. The van der Waals surface area contributed by atoms with E-state index in [1.54, 1.807) is 12.1 Å². The Kier molecular flexibility index (Phi) is 6.94. The van der Waals surface area contributed by atoms with E-state index in [4.69, 9.17) is 5.73 Å². The minimum Gasteiger partial charge on any atom is -0.397 e. The molecular weight excluding hydrogens is 288 g/mol. The van der Waals surface area contributed by atoms with Crippen LogP contribution in [-0.2, 0) is 10.0 Å². The Labute approximate surface area is 127 Å². The van der Waals surface area contributed by atoms with Gasteiger partial charge in [0.1, 0.15) is 0 Å². The normalized spacial score (nSPS) is 11.8. The van der Waals surface area contributed by atoms with Crippen molar-refractivity contribution in [3.8, 4) is 0 Å². The number of hydrogen-bond donors (Lipinski definition) is 3. The second-order valence-corrected chi connectivity index (χ2v) is 6.70. The lowest BCUT2D eigenvalue weighted by Gasteiger charge is -2.20. The van der Waals surface area contributed by atoms with Gasteiger partial charge in [-0.05, 0) is 44.8 Å². The van der Waals surface area contributed by atoms with Gasteiger partial charge >= 0.3 is 0 Å². The van der Waals surface area contributed by atoms with Crippen LogP contribution in [0.25, 0.3) is 0 Å². The van der Waals surface area contributed by atoms with E-state index in [0.717, 1.165) is 38.3 Å². The van der Waals surface area contributed by atoms with E-state index in [9.17, 15) is 8.42 Å². The van der Waals surface area contributed by atoms with Crippen LogP contribution in [0.2, 0.25) is 0 Å². The molecule has 7 heteroatoms. The molecule has 21 heavy (non-hydrogen) atoms. The molecule has 0 saturated carbocycles. The van der Waals surface area contributed by atoms with Crippen molar-refractivity contribution in [3.05, 3.63) is 18.2 Å². The highest BCUT2D eigenvalue weighted by atomic mass is 32.2. The van der Waals surface area contributed by atoms with E-state index in [0.29, 0.717) is 5.69 Å². The number of rotatable bonds is 9. The van der Waals surface area contributed by atoms with Gasteiger partial charge < -0.3 is 16.0 Å². The zero-order valence-electron chi connectivity index (χ0n) is 13.0. The fraction of sp³-hybridized carbons (Fsp3) is 0.571. The predicted octanol–water partition coefficient (Wildman–Crippen LogP) is 1.32. The molecule has 0 amide bonds. The molecule has 0 radical (unpaired) electrons. The van der Waals surface area contributed by atoms with Crippen LogP contribution < -0.4 is 15.8 Å². The van der Waals surface area contributed by atoms with Gasteiger partial charge in [-0.3, -0.25) is 0 Å². The van der Waals surface area contributed by atoms with Crippen molar-refractivity contribution in [1.29, 1.82) is 0 Å². The number of nitrogens with one attached hydrogen (secondary N) is 2. The number of anilines is 2. The van der Waals surface area contributed by atoms with Gasteiger partial charge in [0.15, 0.2) is 0 Å².